The molecule has 0 fully saturated rings. The van der Waals surface area contributed by atoms with E-state index in [0.29, 0.717) is 51.4 Å². The summed E-state index contributed by atoms with van der Waals surface area (Å²) in [5, 5.41) is 9.66. The Morgan fingerprint density at radius 1 is 1.03 bits per heavy atom. The van der Waals surface area contributed by atoms with Crippen LogP contribution in [0.2, 0.25) is 0 Å². The van der Waals surface area contributed by atoms with Crippen LogP contribution in [0.25, 0.3) is 11.3 Å². The third-order valence-corrected chi connectivity index (χ3v) is 4.90. The number of rotatable bonds is 8. The lowest BCUT2D eigenvalue weighted by Crippen LogP contribution is -2.24. The molecule has 0 aliphatic carbocycles. The summed E-state index contributed by atoms with van der Waals surface area (Å²) in [7, 11) is 4.60. The lowest BCUT2D eigenvalue weighted by atomic mass is 10.1. The average Bonchev–Trinajstić information content (AvgIpc) is 3.54. The van der Waals surface area contributed by atoms with Gasteiger partial charge in [0, 0.05) is 11.6 Å². The summed E-state index contributed by atoms with van der Waals surface area (Å²) in [5.74, 6) is 8.77. The van der Waals surface area contributed by atoms with E-state index in [-0.39, 0.29) is 25.9 Å². The summed E-state index contributed by atoms with van der Waals surface area (Å²) in [6.45, 7) is 0.533. The van der Waals surface area contributed by atoms with Crippen LogP contribution in [0.3, 0.4) is 0 Å². The van der Waals surface area contributed by atoms with E-state index >= 15 is 0 Å². The van der Waals surface area contributed by atoms with Crippen molar-refractivity contribution >= 4 is 5.91 Å². The maximum Gasteiger partial charge on any atom is 0.270 e. The maximum atomic E-state index is 12.4. The molecule has 0 unspecified atom stereocenters. The zero-order valence-electron chi connectivity index (χ0n) is 18.9. The number of hydrogen-bond acceptors (Lipinski definition) is 8. The highest BCUT2D eigenvalue weighted by molar-refractivity contribution is 5.93. The van der Waals surface area contributed by atoms with Crippen molar-refractivity contribution in [3.63, 3.8) is 0 Å². The second kappa shape index (κ2) is 10.4. The molecule has 4 rings (SSSR count). The summed E-state index contributed by atoms with van der Waals surface area (Å²) < 4.78 is 32.2. The molecule has 2 N–H and O–H groups in total. The molecule has 10 nitrogen and oxygen atoms in total. The topological polar surface area (TPSA) is 113 Å². The molecule has 0 bridgehead atoms. The van der Waals surface area contributed by atoms with Crippen LogP contribution in [0.1, 0.15) is 10.5 Å². The van der Waals surface area contributed by atoms with Crippen LogP contribution < -0.4 is 33.7 Å². The molecule has 3 aromatic rings. The van der Waals surface area contributed by atoms with E-state index in [9.17, 15) is 4.79 Å². The molecule has 0 saturated carbocycles. The van der Waals surface area contributed by atoms with E-state index in [1.807, 2.05) is 0 Å². The minimum absolute atomic E-state index is 0.155. The van der Waals surface area contributed by atoms with Gasteiger partial charge in [-0.25, -0.2) is 0 Å². The van der Waals surface area contributed by atoms with Crippen molar-refractivity contribution in [3.8, 4) is 57.6 Å². The standard InChI is InChI=1S/C24H23N3O7/c1-29-21-10-15(11-22(30-2)23(21)31-3)17-13-18(27-26-17)24(28)25-8-4-5-9-32-16-6-7-19-20(12-16)34-14-33-19/h6-7,10-13H,8-9,14H2,1-3H3,(H,25,28)(H,26,27). The molecule has 0 radical (unpaired) electrons. The predicted octanol–water partition coefficient (Wildman–Crippen LogP) is 2.64. The number of fused-ring (bicyclic) bond motifs is 1. The lowest BCUT2D eigenvalue weighted by molar-refractivity contribution is 0.0953. The van der Waals surface area contributed by atoms with E-state index < -0.39 is 0 Å². The Morgan fingerprint density at radius 3 is 2.53 bits per heavy atom. The van der Waals surface area contributed by atoms with Crippen LogP contribution in [-0.4, -0.2) is 57.4 Å². The first-order chi connectivity index (χ1) is 16.6. The zero-order valence-corrected chi connectivity index (χ0v) is 18.9. The molecule has 1 aromatic heterocycles. The van der Waals surface area contributed by atoms with Gasteiger partial charge in [-0.15, -0.1) is 0 Å². The lowest BCUT2D eigenvalue weighted by Gasteiger charge is -2.13. The van der Waals surface area contributed by atoms with Gasteiger partial charge in [-0.1, -0.05) is 11.8 Å². The minimum Gasteiger partial charge on any atom is -0.493 e. The van der Waals surface area contributed by atoms with Crippen molar-refractivity contribution in [2.75, 3.05) is 41.3 Å². The molecule has 0 saturated heterocycles. The van der Waals surface area contributed by atoms with Crippen molar-refractivity contribution in [3.05, 3.63) is 42.1 Å². The van der Waals surface area contributed by atoms with Crippen molar-refractivity contribution in [2.45, 2.75) is 0 Å². The SMILES string of the molecule is COc1cc(-c2cc(C(=O)NCC#CCOc3ccc4c(c3)OCO4)[nH]n2)cc(OC)c1OC. The predicted molar refractivity (Wildman–Crippen MR) is 122 cm³/mol. The normalized spacial score (nSPS) is 11.3. The Kier molecular flexibility index (Phi) is 6.93. The third-order valence-electron chi connectivity index (χ3n) is 4.90. The summed E-state index contributed by atoms with van der Waals surface area (Å²) in [5.41, 5.74) is 1.54. The molecular weight excluding hydrogens is 442 g/mol. The Morgan fingerprint density at radius 2 is 1.79 bits per heavy atom. The monoisotopic (exact) mass is 465 g/mol. The second-order valence-electron chi connectivity index (χ2n) is 6.92. The fourth-order valence-corrected chi connectivity index (χ4v) is 3.23. The van der Waals surface area contributed by atoms with Crippen LogP contribution in [0.5, 0.6) is 34.5 Å². The first kappa shape index (κ1) is 22.7. The number of hydrogen-bond donors (Lipinski definition) is 2. The summed E-state index contributed by atoms with van der Waals surface area (Å²) in [4.78, 5) is 12.4. The molecule has 2 heterocycles. The molecule has 176 valence electrons. The van der Waals surface area contributed by atoms with Crippen molar-refractivity contribution in [2.24, 2.45) is 0 Å². The first-order valence-electron chi connectivity index (χ1n) is 10.2. The van der Waals surface area contributed by atoms with E-state index in [0.717, 1.165) is 0 Å². The quantitative estimate of drug-likeness (QED) is 0.488. The van der Waals surface area contributed by atoms with Crippen LogP contribution in [0.15, 0.2) is 36.4 Å². The number of aromatic nitrogens is 2. The summed E-state index contributed by atoms with van der Waals surface area (Å²) in [6, 6.07) is 10.4. The van der Waals surface area contributed by atoms with Crippen molar-refractivity contribution in [1.82, 2.24) is 15.5 Å². The molecule has 34 heavy (non-hydrogen) atoms. The highest BCUT2D eigenvalue weighted by Crippen LogP contribution is 2.41. The number of carbonyl (C=O) groups is 1. The van der Waals surface area contributed by atoms with Crippen molar-refractivity contribution < 1.29 is 33.2 Å². The van der Waals surface area contributed by atoms with Gasteiger partial charge < -0.3 is 33.7 Å². The summed E-state index contributed by atoms with van der Waals surface area (Å²) >= 11 is 0. The van der Waals surface area contributed by atoms with Gasteiger partial charge in [0.25, 0.3) is 5.91 Å². The Labute approximate surface area is 196 Å². The van der Waals surface area contributed by atoms with Gasteiger partial charge in [0.15, 0.2) is 23.0 Å². The molecule has 10 heteroatoms. The molecule has 0 atom stereocenters. The fourth-order valence-electron chi connectivity index (χ4n) is 3.23. The van der Waals surface area contributed by atoms with Crippen LogP contribution in [-0.2, 0) is 0 Å². The second-order valence-corrected chi connectivity index (χ2v) is 6.92. The minimum atomic E-state index is -0.336. The largest absolute Gasteiger partial charge is 0.493 e. The maximum absolute atomic E-state index is 12.4. The van der Waals surface area contributed by atoms with Crippen LogP contribution in [0, 0.1) is 11.8 Å². The van der Waals surface area contributed by atoms with E-state index in [1.54, 1.807) is 36.4 Å². The number of H-pyrrole nitrogens is 1. The van der Waals surface area contributed by atoms with Gasteiger partial charge in [-0.05, 0) is 30.3 Å². The molecule has 1 aliphatic rings. The number of ether oxygens (including phenoxy) is 6. The highest BCUT2D eigenvalue weighted by atomic mass is 16.7. The first-order valence-corrected chi connectivity index (χ1v) is 10.2. The van der Waals surface area contributed by atoms with Gasteiger partial charge >= 0.3 is 0 Å². The molecule has 0 spiro atoms. The van der Waals surface area contributed by atoms with Gasteiger partial charge in [0.1, 0.15) is 18.1 Å². The van der Waals surface area contributed by atoms with Gasteiger partial charge in [0.05, 0.1) is 33.6 Å². The summed E-state index contributed by atoms with van der Waals surface area (Å²) in [6.07, 6.45) is 0. The number of benzene rings is 2. The van der Waals surface area contributed by atoms with Crippen LogP contribution >= 0.6 is 0 Å². The Balaban J connectivity index is 1.31. The number of aromatic amines is 1. The van der Waals surface area contributed by atoms with E-state index in [2.05, 4.69) is 27.4 Å². The van der Waals surface area contributed by atoms with E-state index in [1.165, 1.54) is 21.3 Å². The van der Waals surface area contributed by atoms with Gasteiger partial charge in [-0.2, -0.15) is 5.10 Å². The number of carbonyl (C=O) groups excluding carboxylic acids is 1. The fraction of sp³-hybridized carbons (Fsp3) is 0.250. The molecule has 1 aliphatic heterocycles. The van der Waals surface area contributed by atoms with Crippen molar-refractivity contribution in [1.29, 1.82) is 0 Å². The number of nitrogens with zero attached hydrogens (tertiary/aromatic N) is 1. The Bertz CT molecular complexity index is 1220. The van der Waals surface area contributed by atoms with Gasteiger partial charge in [-0.3, -0.25) is 9.89 Å². The number of methoxy groups -OCH3 is 3. The zero-order chi connectivity index (χ0) is 23.9. The molecule has 1 amide bonds. The third kappa shape index (κ3) is 4.94. The van der Waals surface area contributed by atoms with Crippen LogP contribution in [0.4, 0.5) is 0 Å². The average molecular weight is 465 g/mol. The van der Waals surface area contributed by atoms with Gasteiger partial charge in [0.2, 0.25) is 12.5 Å². The number of amides is 1. The Hall–Kier alpha value is -4.52. The highest BCUT2D eigenvalue weighted by Gasteiger charge is 2.17. The number of nitrogens with one attached hydrogen (secondary N) is 2. The smallest absolute Gasteiger partial charge is 0.270 e. The molecule has 2 aromatic carbocycles. The molecular formula is C24H23N3O7. The van der Waals surface area contributed by atoms with E-state index in [4.69, 9.17) is 28.4 Å².